The van der Waals surface area contributed by atoms with Gasteiger partial charge in [-0.15, -0.1) is 11.8 Å². The summed E-state index contributed by atoms with van der Waals surface area (Å²) in [5, 5.41) is 3.63. The second kappa shape index (κ2) is 9.84. The molecule has 0 saturated carbocycles. The van der Waals surface area contributed by atoms with Gasteiger partial charge in [0.05, 0.1) is 0 Å². The molecule has 0 aliphatic rings. The quantitative estimate of drug-likeness (QED) is 0.607. The van der Waals surface area contributed by atoms with Gasteiger partial charge in [-0.1, -0.05) is 45.7 Å². The van der Waals surface area contributed by atoms with Crippen molar-refractivity contribution in [2.45, 2.75) is 51.0 Å². The maximum absolute atomic E-state index is 3.63. The van der Waals surface area contributed by atoms with Gasteiger partial charge in [-0.3, -0.25) is 0 Å². The highest BCUT2D eigenvalue weighted by Crippen LogP contribution is 2.28. The third kappa shape index (κ3) is 6.82. The molecule has 1 rings (SSSR count). The van der Waals surface area contributed by atoms with Crippen molar-refractivity contribution in [1.82, 2.24) is 5.32 Å². The van der Waals surface area contributed by atoms with E-state index < -0.39 is 0 Å². The van der Waals surface area contributed by atoms with Crippen LogP contribution in [0.5, 0.6) is 0 Å². The number of rotatable bonds is 9. The van der Waals surface area contributed by atoms with E-state index in [9.17, 15) is 0 Å². The molecular formula is C16H26BrNS. The van der Waals surface area contributed by atoms with Gasteiger partial charge in [0.25, 0.3) is 0 Å². The summed E-state index contributed by atoms with van der Waals surface area (Å²) in [4.78, 5) is 1.34. The standard InChI is InChI=1S/C16H26BrNS/c1-4-8-13(3)11-14(18-5-2)12-19-16-10-7-6-9-15(16)17/h6-7,9-10,13-14,18H,4-5,8,11-12H2,1-3H3. The lowest BCUT2D eigenvalue weighted by molar-refractivity contribution is 0.409. The van der Waals surface area contributed by atoms with E-state index in [4.69, 9.17) is 0 Å². The van der Waals surface area contributed by atoms with Gasteiger partial charge in [-0.2, -0.15) is 0 Å². The molecule has 3 heteroatoms. The number of hydrogen-bond donors (Lipinski definition) is 1. The molecule has 19 heavy (non-hydrogen) atoms. The fraction of sp³-hybridized carbons (Fsp3) is 0.625. The highest BCUT2D eigenvalue weighted by atomic mass is 79.9. The van der Waals surface area contributed by atoms with Gasteiger partial charge in [-0.05, 0) is 46.9 Å². The maximum Gasteiger partial charge on any atom is 0.0311 e. The first-order valence-electron chi connectivity index (χ1n) is 7.28. The third-order valence-electron chi connectivity index (χ3n) is 3.24. The zero-order chi connectivity index (χ0) is 14.1. The van der Waals surface area contributed by atoms with Crippen molar-refractivity contribution in [3.63, 3.8) is 0 Å². The van der Waals surface area contributed by atoms with Crippen molar-refractivity contribution in [2.24, 2.45) is 5.92 Å². The number of hydrogen-bond acceptors (Lipinski definition) is 2. The van der Waals surface area contributed by atoms with Gasteiger partial charge >= 0.3 is 0 Å². The highest BCUT2D eigenvalue weighted by molar-refractivity contribution is 9.10. The smallest absolute Gasteiger partial charge is 0.0311 e. The van der Waals surface area contributed by atoms with Crippen molar-refractivity contribution < 1.29 is 0 Å². The average Bonchev–Trinajstić information content (AvgIpc) is 2.38. The molecule has 0 saturated heterocycles. The third-order valence-corrected chi connectivity index (χ3v) is 5.43. The number of benzene rings is 1. The Kier molecular flexibility index (Phi) is 8.84. The fourth-order valence-corrected chi connectivity index (χ4v) is 3.99. The van der Waals surface area contributed by atoms with Crippen LogP contribution in [-0.4, -0.2) is 18.3 Å². The fourth-order valence-electron chi connectivity index (χ4n) is 2.35. The summed E-state index contributed by atoms with van der Waals surface area (Å²) in [5.74, 6) is 1.96. The Balaban J connectivity index is 2.47. The molecule has 0 aliphatic heterocycles. The number of halogens is 1. The minimum absolute atomic E-state index is 0.614. The molecule has 0 aliphatic carbocycles. The zero-order valence-corrected chi connectivity index (χ0v) is 14.7. The summed E-state index contributed by atoms with van der Waals surface area (Å²) < 4.78 is 1.21. The molecule has 0 aromatic heterocycles. The van der Waals surface area contributed by atoms with E-state index in [2.05, 4.69) is 66.3 Å². The molecule has 0 heterocycles. The van der Waals surface area contributed by atoms with E-state index in [1.165, 1.54) is 28.6 Å². The molecule has 108 valence electrons. The molecule has 1 nitrogen and oxygen atoms in total. The maximum atomic E-state index is 3.63. The molecule has 0 spiro atoms. The van der Waals surface area contributed by atoms with Gasteiger partial charge in [0.15, 0.2) is 0 Å². The molecule has 0 fully saturated rings. The Morgan fingerprint density at radius 2 is 2.00 bits per heavy atom. The van der Waals surface area contributed by atoms with Crippen molar-refractivity contribution in [2.75, 3.05) is 12.3 Å². The van der Waals surface area contributed by atoms with Crippen LogP contribution in [0, 0.1) is 5.92 Å². The van der Waals surface area contributed by atoms with Crippen LogP contribution in [0.1, 0.15) is 40.0 Å². The molecule has 0 bridgehead atoms. The van der Waals surface area contributed by atoms with Crippen LogP contribution in [0.2, 0.25) is 0 Å². The largest absolute Gasteiger partial charge is 0.313 e. The Labute approximate surface area is 131 Å². The molecule has 1 aromatic rings. The first kappa shape index (κ1) is 17.1. The minimum Gasteiger partial charge on any atom is -0.313 e. The molecule has 1 N–H and O–H groups in total. The summed E-state index contributed by atoms with van der Waals surface area (Å²) in [6.45, 7) is 7.89. The van der Waals surface area contributed by atoms with Gasteiger partial charge in [0, 0.05) is 21.2 Å². The Bertz CT molecular complexity index is 356. The lowest BCUT2D eigenvalue weighted by Gasteiger charge is -2.21. The van der Waals surface area contributed by atoms with E-state index in [0.717, 1.165) is 18.2 Å². The van der Waals surface area contributed by atoms with E-state index in [-0.39, 0.29) is 0 Å². The van der Waals surface area contributed by atoms with Crippen molar-refractivity contribution in [3.05, 3.63) is 28.7 Å². The van der Waals surface area contributed by atoms with E-state index in [1.807, 2.05) is 11.8 Å². The first-order valence-corrected chi connectivity index (χ1v) is 9.05. The van der Waals surface area contributed by atoms with Crippen molar-refractivity contribution in [1.29, 1.82) is 0 Å². The van der Waals surface area contributed by atoms with Crippen molar-refractivity contribution >= 4 is 27.7 Å². The van der Waals surface area contributed by atoms with Crippen molar-refractivity contribution in [3.8, 4) is 0 Å². The summed E-state index contributed by atoms with van der Waals surface area (Å²) in [6.07, 6.45) is 3.90. The second-order valence-corrected chi connectivity index (χ2v) is 7.04. The van der Waals surface area contributed by atoms with Crippen LogP contribution in [-0.2, 0) is 0 Å². The number of thioether (sulfide) groups is 1. The molecule has 0 amide bonds. The Morgan fingerprint density at radius 3 is 2.63 bits per heavy atom. The SMILES string of the molecule is CCCC(C)CC(CSc1ccccc1Br)NCC. The summed E-state index contributed by atoms with van der Waals surface area (Å²) in [7, 11) is 0. The lowest BCUT2D eigenvalue weighted by atomic mass is 9.98. The van der Waals surface area contributed by atoms with Gasteiger partial charge < -0.3 is 5.32 Å². The van der Waals surface area contributed by atoms with Crippen LogP contribution < -0.4 is 5.32 Å². The number of nitrogens with one attached hydrogen (secondary N) is 1. The second-order valence-electron chi connectivity index (χ2n) is 5.13. The van der Waals surface area contributed by atoms with Crippen LogP contribution >= 0.6 is 27.7 Å². The minimum atomic E-state index is 0.614. The first-order chi connectivity index (χ1) is 9.17. The molecule has 0 radical (unpaired) electrons. The lowest BCUT2D eigenvalue weighted by Crippen LogP contribution is -2.32. The zero-order valence-electron chi connectivity index (χ0n) is 12.3. The Hall–Kier alpha value is 0.01000. The van der Waals surface area contributed by atoms with E-state index >= 15 is 0 Å². The van der Waals surface area contributed by atoms with Crippen LogP contribution in [0.3, 0.4) is 0 Å². The predicted molar refractivity (Wildman–Crippen MR) is 91.0 cm³/mol. The van der Waals surface area contributed by atoms with Gasteiger partial charge in [-0.25, -0.2) is 0 Å². The monoisotopic (exact) mass is 343 g/mol. The topological polar surface area (TPSA) is 12.0 Å². The molecule has 2 unspecified atom stereocenters. The average molecular weight is 344 g/mol. The van der Waals surface area contributed by atoms with E-state index in [0.29, 0.717) is 6.04 Å². The van der Waals surface area contributed by atoms with E-state index in [1.54, 1.807) is 0 Å². The normalized spacial score (nSPS) is 14.3. The van der Waals surface area contributed by atoms with Crippen LogP contribution in [0.25, 0.3) is 0 Å². The summed E-state index contributed by atoms with van der Waals surface area (Å²) in [6, 6.07) is 9.09. The van der Waals surface area contributed by atoms with Crippen LogP contribution in [0.4, 0.5) is 0 Å². The van der Waals surface area contributed by atoms with Gasteiger partial charge in [0.2, 0.25) is 0 Å². The summed E-state index contributed by atoms with van der Waals surface area (Å²) in [5.41, 5.74) is 0. The highest BCUT2D eigenvalue weighted by Gasteiger charge is 2.13. The molecule has 2 atom stereocenters. The molecular weight excluding hydrogens is 318 g/mol. The molecule has 1 aromatic carbocycles. The predicted octanol–water partition coefficient (Wildman–Crippen LogP) is 5.35. The van der Waals surface area contributed by atoms with Crippen LogP contribution in [0.15, 0.2) is 33.6 Å². The Morgan fingerprint density at radius 1 is 1.26 bits per heavy atom. The van der Waals surface area contributed by atoms with Gasteiger partial charge in [0.1, 0.15) is 0 Å². The summed E-state index contributed by atoms with van der Waals surface area (Å²) >= 11 is 5.57.